The van der Waals surface area contributed by atoms with Crippen molar-refractivity contribution >= 4 is 16.6 Å². The van der Waals surface area contributed by atoms with Gasteiger partial charge < -0.3 is 5.73 Å². The van der Waals surface area contributed by atoms with Crippen molar-refractivity contribution in [2.75, 3.05) is 11.5 Å². The summed E-state index contributed by atoms with van der Waals surface area (Å²) in [5.74, 6) is 3.02. The van der Waals surface area contributed by atoms with E-state index in [0.717, 1.165) is 30.2 Å². The van der Waals surface area contributed by atoms with Gasteiger partial charge >= 0.3 is 0 Å². The smallest absolute Gasteiger partial charge is 0.0971 e. The van der Waals surface area contributed by atoms with E-state index in [4.69, 9.17) is 5.73 Å². The Morgan fingerprint density at radius 2 is 1.69 bits per heavy atom. The van der Waals surface area contributed by atoms with Crippen LogP contribution < -0.4 is 5.73 Å². The van der Waals surface area contributed by atoms with Gasteiger partial charge in [0.05, 0.1) is 11.9 Å². The van der Waals surface area contributed by atoms with Crippen molar-refractivity contribution in [1.82, 2.24) is 0 Å². The normalized spacial score (nSPS) is 33.9. The van der Waals surface area contributed by atoms with E-state index in [0.29, 0.717) is 12.0 Å². The highest BCUT2D eigenvalue weighted by atomic mass is 32.2. The predicted octanol–water partition coefficient (Wildman–Crippen LogP) is 1.83. The molecule has 4 heteroatoms. The van der Waals surface area contributed by atoms with Gasteiger partial charge in [-0.1, -0.05) is 19.3 Å². The topological polar surface area (TPSA) is 55.4 Å². The molecule has 0 aromatic carbocycles. The van der Waals surface area contributed by atoms with E-state index in [1.165, 1.54) is 32.1 Å². The van der Waals surface area contributed by atoms with E-state index >= 15 is 0 Å². The molecule has 1 aliphatic heterocycles. The van der Waals surface area contributed by atoms with Gasteiger partial charge in [-0.05, 0) is 25.7 Å². The van der Waals surface area contributed by atoms with E-state index in [1.54, 1.807) is 0 Å². The number of aliphatic imine (C=N–C) groups is 1. The lowest BCUT2D eigenvalue weighted by atomic mass is 9.88. The molecular formula is C12H22N2OS. The average molecular weight is 242 g/mol. The van der Waals surface area contributed by atoms with E-state index in [2.05, 4.69) is 4.99 Å². The highest BCUT2D eigenvalue weighted by molar-refractivity contribution is 7.85. The molecule has 2 aliphatic rings. The Bertz CT molecular complexity index is 275. The van der Waals surface area contributed by atoms with E-state index in [-0.39, 0.29) is 0 Å². The van der Waals surface area contributed by atoms with Gasteiger partial charge in [0.1, 0.15) is 0 Å². The third-order valence-corrected chi connectivity index (χ3v) is 5.09. The zero-order valence-electron chi connectivity index (χ0n) is 9.86. The lowest BCUT2D eigenvalue weighted by Crippen LogP contribution is -2.30. The van der Waals surface area contributed by atoms with Crippen LogP contribution in [0, 0.1) is 5.92 Å². The molecule has 0 amide bonds. The predicted molar refractivity (Wildman–Crippen MR) is 69.1 cm³/mol. The molecule has 2 fully saturated rings. The summed E-state index contributed by atoms with van der Waals surface area (Å²) in [6.07, 6.45) is 8.30. The van der Waals surface area contributed by atoms with Crippen LogP contribution >= 0.6 is 0 Å². The third kappa shape index (κ3) is 3.30. The highest BCUT2D eigenvalue weighted by Gasteiger charge is 2.21. The third-order valence-electron chi connectivity index (χ3n) is 3.71. The molecule has 1 aliphatic carbocycles. The number of rotatable bonds is 2. The Kier molecular flexibility index (Phi) is 4.38. The van der Waals surface area contributed by atoms with Gasteiger partial charge in [-0.25, -0.2) is 0 Å². The van der Waals surface area contributed by atoms with Crippen LogP contribution in [-0.2, 0) is 10.8 Å². The van der Waals surface area contributed by atoms with Crippen LogP contribution in [0.1, 0.15) is 44.9 Å². The summed E-state index contributed by atoms with van der Waals surface area (Å²) in [6.45, 7) is 0. The second kappa shape index (κ2) is 5.80. The van der Waals surface area contributed by atoms with Crippen LogP contribution in [0.2, 0.25) is 0 Å². The standard InChI is InChI=1S/C12H22N2OS/c13-12(10-4-2-1-3-5-10)14-11-6-8-16(15)9-7-11/h10-11H,1-9H2,(H2,13,14). The summed E-state index contributed by atoms with van der Waals surface area (Å²) >= 11 is 0. The van der Waals surface area contributed by atoms with Crippen LogP contribution in [0.15, 0.2) is 4.99 Å². The Labute approximate surface area is 100 Å². The first-order chi connectivity index (χ1) is 7.75. The Hall–Kier alpha value is -0.380. The minimum atomic E-state index is -0.591. The van der Waals surface area contributed by atoms with Crippen LogP contribution in [0.4, 0.5) is 0 Å². The largest absolute Gasteiger partial charge is 0.387 e. The van der Waals surface area contributed by atoms with Crippen molar-refractivity contribution in [3.8, 4) is 0 Å². The molecule has 0 unspecified atom stereocenters. The second-order valence-electron chi connectivity index (χ2n) is 4.97. The quantitative estimate of drug-likeness (QED) is 0.593. The number of nitrogens with zero attached hydrogens (tertiary/aromatic N) is 1. The lowest BCUT2D eigenvalue weighted by Gasteiger charge is -2.24. The molecule has 0 atom stereocenters. The fourth-order valence-electron chi connectivity index (χ4n) is 2.63. The van der Waals surface area contributed by atoms with Gasteiger partial charge in [0.15, 0.2) is 0 Å². The highest BCUT2D eigenvalue weighted by Crippen LogP contribution is 2.24. The van der Waals surface area contributed by atoms with Gasteiger partial charge in [0.25, 0.3) is 0 Å². The number of hydrogen-bond acceptors (Lipinski definition) is 2. The van der Waals surface area contributed by atoms with Crippen molar-refractivity contribution in [3.05, 3.63) is 0 Å². The molecule has 1 heterocycles. The molecule has 0 aromatic heterocycles. The minimum Gasteiger partial charge on any atom is -0.387 e. The molecular weight excluding hydrogens is 220 g/mol. The number of hydrogen-bond donors (Lipinski definition) is 1. The Morgan fingerprint density at radius 3 is 2.31 bits per heavy atom. The molecule has 2 rings (SSSR count). The molecule has 0 radical (unpaired) electrons. The Balaban J connectivity index is 1.87. The zero-order valence-corrected chi connectivity index (χ0v) is 10.7. The fourth-order valence-corrected chi connectivity index (χ4v) is 3.90. The summed E-state index contributed by atoms with van der Waals surface area (Å²) in [5, 5.41) is 0. The summed E-state index contributed by atoms with van der Waals surface area (Å²) in [7, 11) is -0.591. The summed E-state index contributed by atoms with van der Waals surface area (Å²) in [6, 6.07) is 0.347. The summed E-state index contributed by atoms with van der Waals surface area (Å²) in [4.78, 5) is 4.65. The molecule has 1 saturated carbocycles. The average Bonchev–Trinajstić information content (AvgIpc) is 2.33. The van der Waals surface area contributed by atoms with Gasteiger partial charge in [0.2, 0.25) is 0 Å². The maximum absolute atomic E-state index is 11.2. The molecule has 16 heavy (non-hydrogen) atoms. The van der Waals surface area contributed by atoms with Crippen molar-refractivity contribution in [2.45, 2.75) is 51.0 Å². The summed E-state index contributed by atoms with van der Waals surface area (Å²) in [5.41, 5.74) is 6.09. The van der Waals surface area contributed by atoms with Crippen LogP contribution in [0.3, 0.4) is 0 Å². The SMILES string of the molecule is NC(=NC1CCS(=O)CC1)C1CCCCC1. The summed E-state index contributed by atoms with van der Waals surface area (Å²) < 4.78 is 11.2. The first kappa shape index (κ1) is 12.1. The van der Waals surface area contributed by atoms with E-state index in [1.807, 2.05) is 0 Å². The minimum absolute atomic E-state index is 0.347. The van der Waals surface area contributed by atoms with Crippen LogP contribution in [0.5, 0.6) is 0 Å². The van der Waals surface area contributed by atoms with Crippen molar-refractivity contribution in [3.63, 3.8) is 0 Å². The van der Waals surface area contributed by atoms with Gasteiger partial charge in [0, 0.05) is 28.2 Å². The molecule has 1 saturated heterocycles. The van der Waals surface area contributed by atoms with Crippen molar-refractivity contribution < 1.29 is 4.21 Å². The van der Waals surface area contributed by atoms with Crippen LogP contribution in [-0.4, -0.2) is 27.6 Å². The van der Waals surface area contributed by atoms with Crippen molar-refractivity contribution in [1.29, 1.82) is 0 Å². The molecule has 3 nitrogen and oxygen atoms in total. The molecule has 0 bridgehead atoms. The first-order valence-electron chi connectivity index (χ1n) is 6.44. The van der Waals surface area contributed by atoms with E-state index < -0.39 is 10.8 Å². The Morgan fingerprint density at radius 1 is 1.06 bits per heavy atom. The molecule has 2 N–H and O–H groups in total. The fraction of sp³-hybridized carbons (Fsp3) is 0.917. The van der Waals surface area contributed by atoms with Gasteiger partial charge in [-0.2, -0.15) is 0 Å². The van der Waals surface area contributed by atoms with Crippen molar-refractivity contribution in [2.24, 2.45) is 16.6 Å². The number of nitrogens with two attached hydrogens (primary N) is 1. The van der Waals surface area contributed by atoms with Crippen LogP contribution in [0.25, 0.3) is 0 Å². The molecule has 92 valence electrons. The van der Waals surface area contributed by atoms with Gasteiger partial charge in [-0.15, -0.1) is 0 Å². The lowest BCUT2D eigenvalue weighted by molar-refractivity contribution is 0.434. The first-order valence-corrected chi connectivity index (χ1v) is 7.92. The second-order valence-corrected chi connectivity index (χ2v) is 6.66. The molecule has 0 aromatic rings. The maximum atomic E-state index is 11.2. The van der Waals surface area contributed by atoms with Gasteiger partial charge in [-0.3, -0.25) is 9.20 Å². The number of amidine groups is 1. The molecule has 0 spiro atoms. The maximum Gasteiger partial charge on any atom is 0.0971 e. The zero-order chi connectivity index (χ0) is 11.4. The monoisotopic (exact) mass is 242 g/mol. The van der Waals surface area contributed by atoms with E-state index in [9.17, 15) is 4.21 Å².